The molecule has 0 radical (unpaired) electrons. The van der Waals surface area contributed by atoms with Crippen LogP contribution in [0.15, 0.2) is 12.2 Å². The van der Waals surface area contributed by atoms with E-state index in [-0.39, 0.29) is 0 Å². The van der Waals surface area contributed by atoms with Crippen molar-refractivity contribution in [2.75, 3.05) is 0 Å². The number of rotatable bonds is 2. The second-order valence-corrected chi connectivity index (χ2v) is 5.24. The highest BCUT2D eigenvalue weighted by atomic mass is 15.0. The Labute approximate surface area is 82.6 Å². The van der Waals surface area contributed by atoms with Crippen LogP contribution in [-0.2, 0) is 0 Å². The van der Waals surface area contributed by atoms with E-state index in [1.165, 1.54) is 19.3 Å². The number of hydrogen-bond donors (Lipinski definition) is 1. The van der Waals surface area contributed by atoms with Gasteiger partial charge in [-0.2, -0.15) is 0 Å². The summed E-state index contributed by atoms with van der Waals surface area (Å²) in [6, 6.07) is 1.31. The van der Waals surface area contributed by atoms with E-state index >= 15 is 0 Å². The van der Waals surface area contributed by atoms with Gasteiger partial charge in [-0.15, -0.1) is 0 Å². The van der Waals surface area contributed by atoms with Crippen LogP contribution in [0.1, 0.15) is 47.0 Å². The smallest absolute Gasteiger partial charge is 0.0107 e. The summed E-state index contributed by atoms with van der Waals surface area (Å²) in [5.41, 5.74) is 0.376. The van der Waals surface area contributed by atoms with Crippen molar-refractivity contribution in [3.8, 4) is 0 Å². The summed E-state index contributed by atoms with van der Waals surface area (Å²) < 4.78 is 0. The highest BCUT2D eigenvalue weighted by Crippen LogP contribution is 2.21. The lowest BCUT2D eigenvalue weighted by molar-refractivity contribution is 0.256. The van der Waals surface area contributed by atoms with E-state index in [1.807, 2.05) is 0 Å². The zero-order valence-electron chi connectivity index (χ0n) is 9.43. The van der Waals surface area contributed by atoms with E-state index in [4.69, 9.17) is 0 Å². The zero-order valence-corrected chi connectivity index (χ0v) is 9.43. The molecule has 1 nitrogen and oxygen atoms in total. The number of allylic oxidation sites excluding steroid dienone is 1. The largest absolute Gasteiger partial charge is 0.311 e. The minimum absolute atomic E-state index is 0.376. The molecule has 0 aliphatic heterocycles. The van der Waals surface area contributed by atoms with Crippen LogP contribution in [0.4, 0.5) is 0 Å². The molecular formula is C12H23N. The Morgan fingerprint density at radius 2 is 2.00 bits per heavy atom. The fourth-order valence-corrected chi connectivity index (χ4v) is 1.55. The van der Waals surface area contributed by atoms with Gasteiger partial charge in [0.2, 0.25) is 0 Å². The first-order valence-electron chi connectivity index (χ1n) is 5.41. The van der Waals surface area contributed by atoms with Crippen molar-refractivity contribution in [1.82, 2.24) is 5.32 Å². The molecule has 0 heterocycles. The maximum absolute atomic E-state index is 3.71. The molecule has 0 spiro atoms. The van der Waals surface area contributed by atoms with E-state index < -0.39 is 0 Å². The van der Waals surface area contributed by atoms with Gasteiger partial charge in [-0.1, -0.05) is 32.9 Å². The third kappa shape index (κ3) is 3.51. The van der Waals surface area contributed by atoms with Crippen molar-refractivity contribution in [2.24, 2.45) is 5.41 Å². The summed E-state index contributed by atoms with van der Waals surface area (Å²) in [6.45, 7) is 9.17. The Hall–Kier alpha value is -0.300. The number of hydrogen-bond acceptors (Lipinski definition) is 1. The molecule has 0 amide bonds. The van der Waals surface area contributed by atoms with Gasteiger partial charge in [-0.3, -0.25) is 0 Å². The Kier molecular flexibility index (Phi) is 3.55. The summed E-state index contributed by atoms with van der Waals surface area (Å²) in [5, 5.41) is 3.71. The highest BCUT2D eigenvalue weighted by Gasteiger charge is 2.22. The van der Waals surface area contributed by atoms with Gasteiger partial charge in [0, 0.05) is 12.1 Å². The summed E-state index contributed by atoms with van der Waals surface area (Å²) in [6.07, 6.45) is 8.35. The van der Waals surface area contributed by atoms with Crippen molar-refractivity contribution in [3.05, 3.63) is 12.2 Å². The van der Waals surface area contributed by atoms with Crippen LogP contribution in [0.3, 0.4) is 0 Å². The van der Waals surface area contributed by atoms with Crippen LogP contribution in [0.25, 0.3) is 0 Å². The normalized spacial score (nSPS) is 26.0. The molecule has 0 saturated heterocycles. The van der Waals surface area contributed by atoms with Crippen LogP contribution in [0.5, 0.6) is 0 Å². The summed E-state index contributed by atoms with van der Waals surface area (Å²) in [7, 11) is 0. The monoisotopic (exact) mass is 181 g/mol. The van der Waals surface area contributed by atoms with Gasteiger partial charge < -0.3 is 5.32 Å². The molecule has 1 rings (SSSR count). The van der Waals surface area contributed by atoms with Gasteiger partial charge in [-0.05, 0) is 31.6 Å². The van der Waals surface area contributed by atoms with Crippen LogP contribution in [0.2, 0.25) is 0 Å². The molecule has 0 aromatic heterocycles. The van der Waals surface area contributed by atoms with Gasteiger partial charge in [0.25, 0.3) is 0 Å². The lowest BCUT2D eigenvalue weighted by atomic mass is 9.86. The molecule has 76 valence electrons. The highest BCUT2D eigenvalue weighted by molar-refractivity contribution is 4.94. The van der Waals surface area contributed by atoms with Gasteiger partial charge >= 0.3 is 0 Å². The molecule has 0 fully saturated rings. The van der Waals surface area contributed by atoms with E-state index in [0.29, 0.717) is 17.5 Å². The molecule has 1 aliphatic carbocycles. The second kappa shape index (κ2) is 4.28. The van der Waals surface area contributed by atoms with Crippen molar-refractivity contribution in [3.63, 3.8) is 0 Å². The van der Waals surface area contributed by atoms with E-state index in [0.717, 1.165) is 0 Å². The first-order valence-corrected chi connectivity index (χ1v) is 5.41. The maximum Gasteiger partial charge on any atom is 0.0107 e. The molecule has 13 heavy (non-hydrogen) atoms. The van der Waals surface area contributed by atoms with Crippen LogP contribution in [-0.4, -0.2) is 12.1 Å². The lowest BCUT2D eigenvalue weighted by Crippen LogP contribution is -2.44. The van der Waals surface area contributed by atoms with Gasteiger partial charge in [0.15, 0.2) is 0 Å². The fraction of sp³-hybridized carbons (Fsp3) is 0.833. The van der Waals surface area contributed by atoms with Crippen LogP contribution >= 0.6 is 0 Å². The van der Waals surface area contributed by atoms with Crippen LogP contribution in [0, 0.1) is 5.41 Å². The quantitative estimate of drug-likeness (QED) is 0.645. The van der Waals surface area contributed by atoms with Crippen LogP contribution < -0.4 is 5.32 Å². The minimum atomic E-state index is 0.376. The molecular weight excluding hydrogens is 158 g/mol. The average Bonchev–Trinajstić information content (AvgIpc) is 2.04. The average molecular weight is 181 g/mol. The Morgan fingerprint density at radius 3 is 2.46 bits per heavy atom. The van der Waals surface area contributed by atoms with E-state index in [9.17, 15) is 0 Å². The zero-order chi connectivity index (χ0) is 9.90. The van der Waals surface area contributed by atoms with E-state index in [1.54, 1.807) is 0 Å². The first kappa shape index (κ1) is 10.8. The summed E-state index contributed by atoms with van der Waals surface area (Å²) in [5.74, 6) is 0. The minimum Gasteiger partial charge on any atom is -0.311 e. The van der Waals surface area contributed by atoms with Crippen molar-refractivity contribution >= 4 is 0 Å². The Balaban J connectivity index is 2.35. The second-order valence-electron chi connectivity index (χ2n) is 5.24. The lowest BCUT2D eigenvalue weighted by Gasteiger charge is -2.32. The molecule has 0 saturated carbocycles. The SMILES string of the molecule is CC(NC1CC=CCC1)C(C)(C)C. The van der Waals surface area contributed by atoms with Gasteiger partial charge in [0.05, 0.1) is 0 Å². The third-order valence-electron chi connectivity index (χ3n) is 3.05. The standard InChI is InChI=1S/C12H23N/c1-10(12(2,3)4)13-11-8-6-5-7-9-11/h5-6,10-11,13H,7-9H2,1-4H3. The number of nitrogens with one attached hydrogen (secondary N) is 1. The first-order chi connectivity index (χ1) is 6.00. The maximum atomic E-state index is 3.71. The summed E-state index contributed by atoms with van der Waals surface area (Å²) in [4.78, 5) is 0. The van der Waals surface area contributed by atoms with Crippen molar-refractivity contribution in [2.45, 2.75) is 59.0 Å². The molecule has 1 heteroatoms. The molecule has 0 bridgehead atoms. The van der Waals surface area contributed by atoms with Crippen molar-refractivity contribution in [1.29, 1.82) is 0 Å². The molecule has 1 aliphatic rings. The van der Waals surface area contributed by atoms with E-state index in [2.05, 4.69) is 45.2 Å². The molecule has 0 aromatic rings. The summed E-state index contributed by atoms with van der Waals surface area (Å²) >= 11 is 0. The van der Waals surface area contributed by atoms with Gasteiger partial charge in [0.1, 0.15) is 0 Å². The van der Waals surface area contributed by atoms with Crippen molar-refractivity contribution < 1.29 is 0 Å². The molecule has 1 N–H and O–H groups in total. The third-order valence-corrected chi connectivity index (χ3v) is 3.05. The predicted octanol–water partition coefficient (Wildman–Crippen LogP) is 3.12. The molecule has 2 atom stereocenters. The Bertz CT molecular complexity index is 176. The van der Waals surface area contributed by atoms with Gasteiger partial charge in [-0.25, -0.2) is 0 Å². The fourth-order valence-electron chi connectivity index (χ4n) is 1.55. The molecule has 0 aromatic carbocycles. The predicted molar refractivity (Wildman–Crippen MR) is 58.8 cm³/mol. The Morgan fingerprint density at radius 1 is 1.31 bits per heavy atom. The topological polar surface area (TPSA) is 12.0 Å². The molecule has 2 unspecified atom stereocenters.